The minimum Gasteiger partial charge on any atom is -0.489 e. The third-order valence-corrected chi connectivity index (χ3v) is 4.39. The number of alkyl halides is 3. The van der Waals surface area contributed by atoms with E-state index in [4.69, 9.17) is 10.00 Å². The first-order chi connectivity index (χ1) is 11.9. The summed E-state index contributed by atoms with van der Waals surface area (Å²) >= 11 is 1.58. The van der Waals surface area contributed by atoms with Crippen molar-refractivity contribution < 1.29 is 17.9 Å². The van der Waals surface area contributed by atoms with Crippen molar-refractivity contribution in [3.05, 3.63) is 71.3 Å². The van der Waals surface area contributed by atoms with E-state index >= 15 is 0 Å². The van der Waals surface area contributed by atoms with Gasteiger partial charge in [-0.15, -0.1) is 11.8 Å². The molecule has 0 aliphatic carbocycles. The Kier molecular flexibility index (Phi) is 6.54. The number of hydrogen-bond donors (Lipinski definition) is 0. The van der Waals surface area contributed by atoms with Crippen LogP contribution in [0.3, 0.4) is 0 Å². The third kappa shape index (κ3) is 6.20. The van der Waals surface area contributed by atoms with Crippen molar-refractivity contribution in [3.63, 3.8) is 0 Å². The monoisotopic (exact) mass is 363 g/mol. The molecule has 0 aliphatic heterocycles. The van der Waals surface area contributed by atoms with E-state index in [9.17, 15) is 13.2 Å². The van der Waals surface area contributed by atoms with Gasteiger partial charge < -0.3 is 4.74 Å². The Bertz CT molecular complexity index is 776. The van der Waals surface area contributed by atoms with Gasteiger partial charge in [0.2, 0.25) is 0 Å². The molecule has 0 saturated carbocycles. The molecule has 0 heterocycles. The van der Waals surface area contributed by atoms with Gasteiger partial charge >= 0.3 is 6.18 Å². The Labute approximate surface area is 148 Å². The van der Waals surface area contributed by atoms with Crippen molar-refractivity contribution in [2.75, 3.05) is 12.4 Å². The maximum Gasteiger partial charge on any atom is 0.416 e. The van der Waals surface area contributed by atoms with E-state index in [0.29, 0.717) is 11.5 Å². The van der Waals surface area contributed by atoms with Crippen molar-refractivity contribution in [2.24, 2.45) is 0 Å². The van der Waals surface area contributed by atoms with E-state index < -0.39 is 11.7 Å². The van der Waals surface area contributed by atoms with Crippen molar-refractivity contribution in [1.29, 1.82) is 5.26 Å². The molecule has 6 heteroatoms. The first-order valence-corrected chi connectivity index (χ1v) is 8.44. The van der Waals surface area contributed by atoms with Crippen LogP contribution in [0.2, 0.25) is 0 Å². The molecule has 130 valence electrons. The molecule has 25 heavy (non-hydrogen) atoms. The summed E-state index contributed by atoms with van der Waals surface area (Å²) in [6, 6.07) is 14.5. The predicted octanol–water partition coefficient (Wildman–Crippen LogP) is 5.63. The number of nitrogens with zero attached hydrogens (tertiary/aromatic N) is 1. The van der Waals surface area contributed by atoms with Crippen molar-refractivity contribution in [3.8, 4) is 11.8 Å². The maximum absolute atomic E-state index is 12.5. The summed E-state index contributed by atoms with van der Waals surface area (Å²) in [7, 11) is 0. The maximum atomic E-state index is 12.5. The number of aryl methyl sites for hydroxylation is 1. The van der Waals surface area contributed by atoms with Gasteiger partial charge in [0.25, 0.3) is 0 Å². The topological polar surface area (TPSA) is 33.0 Å². The van der Waals surface area contributed by atoms with Crippen LogP contribution in [-0.4, -0.2) is 12.4 Å². The molecule has 0 fully saturated rings. The van der Waals surface area contributed by atoms with Crippen LogP contribution < -0.4 is 4.74 Å². The van der Waals surface area contributed by atoms with E-state index in [0.717, 1.165) is 28.2 Å². The molecule has 0 aliphatic rings. The van der Waals surface area contributed by atoms with Gasteiger partial charge in [-0.3, -0.25) is 0 Å². The lowest BCUT2D eigenvalue weighted by molar-refractivity contribution is -0.137. The summed E-state index contributed by atoms with van der Waals surface area (Å²) < 4.78 is 43.1. The summed E-state index contributed by atoms with van der Waals surface area (Å²) in [5.74, 6) is 0.898. The first kappa shape index (κ1) is 18.9. The molecule has 0 bridgehead atoms. The van der Waals surface area contributed by atoms with E-state index in [-0.39, 0.29) is 6.61 Å². The number of rotatable bonds is 6. The highest BCUT2D eigenvalue weighted by molar-refractivity contribution is 7.99. The zero-order chi connectivity index (χ0) is 18.3. The second-order valence-corrected chi connectivity index (χ2v) is 6.40. The first-order valence-electron chi connectivity index (χ1n) is 7.45. The minimum atomic E-state index is -4.37. The van der Waals surface area contributed by atoms with Gasteiger partial charge in [0, 0.05) is 16.7 Å². The molecule has 0 spiro atoms. The lowest BCUT2D eigenvalue weighted by atomic mass is 10.2. The van der Waals surface area contributed by atoms with Crippen molar-refractivity contribution in [2.45, 2.75) is 18.0 Å². The second-order valence-electron chi connectivity index (χ2n) is 5.35. The van der Waals surface area contributed by atoms with Gasteiger partial charge in [0.15, 0.2) is 0 Å². The molecule has 0 radical (unpaired) electrons. The average Bonchev–Trinajstić information content (AvgIpc) is 2.57. The Morgan fingerprint density at radius 2 is 1.92 bits per heavy atom. The molecule has 0 aromatic heterocycles. The lowest BCUT2D eigenvalue weighted by Gasteiger charge is -2.11. The zero-order valence-corrected chi connectivity index (χ0v) is 14.3. The van der Waals surface area contributed by atoms with Gasteiger partial charge in [-0.05, 0) is 48.9 Å². The Morgan fingerprint density at radius 3 is 2.52 bits per heavy atom. The second kappa shape index (κ2) is 8.63. The number of halogens is 3. The standard InChI is InChI=1S/C19H16F3NOS/c1-14-3-2-4-18(11-14)25-13-15(9-10-23)12-24-17-7-5-16(6-8-17)19(20,21)22/h2-9,11H,12-13H2,1H3. The predicted molar refractivity (Wildman–Crippen MR) is 92.5 cm³/mol. The fourth-order valence-corrected chi connectivity index (χ4v) is 2.98. The molecule has 2 rings (SSSR count). The molecule has 0 N–H and O–H groups in total. The SMILES string of the molecule is Cc1cccc(SCC(=CC#N)COc2ccc(C(F)(F)F)cc2)c1. The van der Waals surface area contributed by atoms with Crippen LogP contribution in [0.5, 0.6) is 5.75 Å². The molecule has 2 aromatic rings. The molecular formula is C19H16F3NOS. The molecule has 2 aromatic carbocycles. The summed E-state index contributed by atoms with van der Waals surface area (Å²) in [5.41, 5.74) is 1.19. The number of ether oxygens (including phenoxy) is 1. The summed E-state index contributed by atoms with van der Waals surface area (Å²) in [5, 5.41) is 8.88. The smallest absolute Gasteiger partial charge is 0.416 e. The molecule has 0 amide bonds. The van der Waals surface area contributed by atoms with Gasteiger partial charge in [0.05, 0.1) is 11.6 Å². The quantitative estimate of drug-likeness (QED) is 0.492. The summed E-state index contributed by atoms with van der Waals surface area (Å²) in [6.07, 6.45) is -2.96. The zero-order valence-electron chi connectivity index (χ0n) is 13.5. The van der Waals surface area contributed by atoms with Gasteiger partial charge in [-0.2, -0.15) is 18.4 Å². The van der Waals surface area contributed by atoms with Crippen LogP contribution in [0, 0.1) is 18.3 Å². The van der Waals surface area contributed by atoms with Crippen molar-refractivity contribution in [1.82, 2.24) is 0 Å². The third-order valence-electron chi connectivity index (χ3n) is 3.29. The van der Waals surface area contributed by atoms with Gasteiger partial charge in [-0.25, -0.2) is 0 Å². The Morgan fingerprint density at radius 1 is 1.20 bits per heavy atom. The number of benzene rings is 2. The Balaban J connectivity index is 1.93. The fraction of sp³-hybridized carbons (Fsp3) is 0.211. The minimum absolute atomic E-state index is 0.151. The lowest BCUT2D eigenvalue weighted by Crippen LogP contribution is -2.06. The fourth-order valence-electron chi connectivity index (χ4n) is 2.01. The van der Waals surface area contributed by atoms with Crippen LogP contribution >= 0.6 is 11.8 Å². The molecule has 0 unspecified atom stereocenters. The van der Waals surface area contributed by atoms with Crippen LogP contribution in [0.25, 0.3) is 0 Å². The van der Waals surface area contributed by atoms with Gasteiger partial charge in [-0.1, -0.05) is 17.7 Å². The number of nitriles is 1. The highest BCUT2D eigenvalue weighted by atomic mass is 32.2. The summed E-state index contributed by atoms with van der Waals surface area (Å²) in [4.78, 5) is 1.08. The van der Waals surface area contributed by atoms with Crippen LogP contribution in [0.4, 0.5) is 13.2 Å². The van der Waals surface area contributed by atoms with E-state index in [2.05, 4.69) is 0 Å². The molecule has 2 nitrogen and oxygen atoms in total. The van der Waals surface area contributed by atoms with Gasteiger partial charge in [0.1, 0.15) is 12.4 Å². The highest BCUT2D eigenvalue weighted by Crippen LogP contribution is 2.30. The highest BCUT2D eigenvalue weighted by Gasteiger charge is 2.29. The molecule has 0 atom stereocenters. The number of thioether (sulfide) groups is 1. The molecular weight excluding hydrogens is 347 g/mol. The van der Waals surface area contributed by atoms with Crippen LogP contribution in [0.1, 0.15) is 11.1 Å². The molecule has 0 saturated heterocycles. The van der Waals surface area contributed by atoms with E-state index in [1.807, 2.05) is 37.3 Å². The Hall–Kier alpha value is -2.39. The van der Waals surface area contributed by atoms with E-state index in [1.54, 1.807) is 11.8 Å². The largest absolute Gasteiger partial charge is 0.489 e. The average molecular weight is 363 g/mol. The van der Waals surface area contributed by atoms with Crippen LogP contribution in [-0.2, 0) is 6.18 Å². The van der Waals surface area contributed by atoms with Crippen LogP contribution in [0.15, 0.2) is 65.1 Å². The number of allylic oxidation sites excluding steroid dienone is 1. The normalized spacial score (nSPS) is 11.9. The number of hydrogen-bond acceptors (Lipinski definition) is 3. The summed E-state index contributed by atoms with van der Waals surface area (Å²) in [6.45, 7) is 2.15. The van der Waals surface area contributed by atoms with E-state index in [1.165, 1.54) is 18.2 Å². The van der Waals surface area contributed by atoms with Crippen molar-refractivity contribution >= 4 is 11.8 Å².